The number of ether oxygens (including phenoxy) is 2. The maximum atomic E-state index is 12.4. The van der Waals surface area contributed by atoms with Gasteiger partial charge in [-0.25, -0.2) is 0 Å². The van der Waals surface area contributed by atoms with Crippen LogP contribution >= 0.6 is 15.9 Å². The average molecular weight is 463 g/mol. The van der Waals surface area contributed by atoms with Crippen molar-refractivity contribution in [2.45, 2.75) is 13.2 Å². The summed E-state index contributed by atoms with van der Waals surface area (Å²) in [5.74, 6) is 0.325. The fourth-order valence-electron chi connectivity index (χ4n) is 2.72. The van der Waals surface area contributed by atoms with Crippen molar-refractivity contribution in [3.8, 4) is 11.5 Å². The van der Waals surface area contributed by atoms with Crippen molar-refractivity contribution in [3.63, 3.8) is 0 Å². The Labute approximate surface area is 174 Å². The Morgan fingerprint density at radius 1 is 1.28 bits per heavy atom. The number of benzene rings is 2. The summed E-state index contributed by atoms with van der Waals surface area (Å²) in [4.78, 5) is 12.4. The summed E-state index contributed by atoms with van der Waals surface area (Å²) < 4.78 is 37.0. The second-order valence-electron chi connectivity index (χ2n) is 6.03. The number of aromatic nitrogens is 2. The predicted molar refractivity (Wildman–Crippen MR) is 108 cm³/mol. The lowest BCUT2D eigenvalue weighted by molar-refractivity contribution is -0.0498. The van der Waals surface area contributed by atoms with E-state index in [0.717, 1.165) is 15.6 Å². The summed E-state index contributed by atoms with van der Waals surface area (Å²) in [6, 6.07) is 11.2. The molecule has 29 heavy (non-hydrogen) atoms. The molecule has 0 unspecified atom stereocenters. The monoisotopic (exact) mass is 462 g/mol. The fourth-order valence-corrected chi connectivity index (χ4v) is 3.05. The van der Waals surface area contributed by atoms with Gasteiger partial charge >= 0.3 is 6.61 Å². The van der Waals surface area contributed by atoms with Gasteiger partial charge in [0.1, 0.15) is 11.5 Å². The minimum atomic E-state index is -2.94. The van der Waals surface area contributed by atoms with Crippen LogP contribution in [0.2, 0.25) is 0 Å². The van der Waals surface area contributed by atoms with Gasteiger partial charge < -0.3 is 9.47 Å². The molecule has 150 valence electrons. The number of hydrogen-bond donors (Lipinski definition) is 0. The standard InChI is InChI=1S/C21H17BrF2N2O3/c1-28-20-8-6-14(9-16(20)12-26-13-17(22)11-25-26)5-7-19(27)15-3-2-4-18(10-15)29-21(23)24/h2-11,13,21H,12H2,1H3/b7-5+. The van der Waals surface area contributed by atoms with E-state index in [9.17, 15) is 13.6 Å². The van der Waals surface area contributed by atoms with Crippen molar-refractivity contribution in [3.05, 3.63) is 82.1 Å². The van der Waals surface area contributed by atoms with Crippen molar-refractivity contribution in [1.29, 1.82) is 0 Å². The van der Waals surface area contributed by atoms with Crippen LogP contribution in [0.3, 0.4) is 0 Å². The third-order valence-corrected chi connectivity index (χ3v) is 4.42. The lowest BCUT2D eigenvalue weighted by atomic mass is 10.1. The van der Waals surface area contributed by atoms with Gasteiger partial charge in [0.25, 0.3) is 0 Å². The van der Waals surface area contributed by atoms with Gasteiger partial charge in [-0.05, 0) is 51.8 Å². The number of carbonyl (C=O) groups excluding carboxylic acids is 1. The molecule has 0 aliphatic rings. The molecular weight excluding hydrogens is 446 g/mol. The number of nitrogens with zero attached hydrogens (tertiary/aromatic N) is 2. The molecule has 0 amide bonds. The lowest BCUT2D eigenvalue weighted by Crippen LogP contribution is -2.03. The predicted octanol–water partition coefficient (Wildman–Crippen LogP) is 5.20. The van der Waals surface area contributed by atoms with E-state index in [0.29, 0.717) is 12.3 Å². The van der Waals surface area contributed by atoms with Gasteiger partial charge in [0.15, 0.2) is 5.78 Å². The molecule has 0 N–H and O–H groups in total. The molecule has 0 atom stereocenters. The van der Waals surface area contributed by atoms with Crippen molar-refractivity contribution in [2.24, 2.45) is 0 Å². The van der Waals surface area contributed by atoms with Crippen LogP contribution in [0.25, 0.3) is 6.08 Å². The highest BCUT2D eigenvalue weighted by Crippen LogP contribution is 2.23. The van der Waals surface area contributed by atoms with Gasteiger partial charge in [-0.1, -0.05) is 24.3 Å². The van der Waals surface area contributed by atoms with E-state index in [1.54, 1.807) is 30.1 Å². The molecule has 0 saturated carbocycles. The van der Waals surface area contributed by atoms with Gasteiger partial charge in [0, 0.05) is 17.3 Å². The van der Waals surface area contributed by atoms with E-state index in [1.807, 2.05) is 24.4 Å². The van der Waals surface area contributed by atoms with Gasteiger partial charge in [-0.15, -0.1) is 0 Å². The van der Waals surface area contributed by atoms with Crippen LogP contribution in [0.15, 0.2) is 65.4 Å². The summed E-state index contributed by atoms with van der Waals surface area (Å²) in [5.41, 5.74) is 1.94. The Hall–Kier alpha value is -3.00. The summed E-state index contributed by atoms with van der Waals surface area (Å²) >= 11 is 3.36. The highest BCUT2D eigenvalue weighted by Gasteiger charge is 2.09. The van der Waals surface area contributed by atoms with Crippen molar-refractivity contribution in [1.82, 2.24) is 9.78 Å². The molecule has 3 rings (SSSR count). The van der Waals surface area contributed by atoms with Crippen molar-refractivity contribution in [2.75, 3.05) is 7.11 Å². The number of rotatable bonds is 8. The Morgan fingerprint density at radius 2 is 2.10 bits per heavy atom. The summed E-state index contributed by atoms with van der Waals surface area (Å²) in [6.45, 7) is -2.44. The molecule has 1 aromatic heterocycles. The Balaban J connectivity index is 1.77. The van der Waals surface area contributed by atoms with E-state index in [-0.39, 0.29) is 17.1 Å². The van der Waals surface area contributed by atoms with Crippen LogP contribution in [0.1, 0.15) is 21.5 Å². The van der Waals surface area contributed by atoms with E-state index < -0.39 is 6.61 Å². The number of ketones is 1. The maximum absolute atomic E-state index is 12.4. The first-order valence-corrected chi connectivity index (χ1v) is 9.36. The zero-order chi connectivity index (χ0) is 20.8. The van der Waals surface area contributed by atoms with Crippen molar-refractivity contribution < 1.29 is 23.0 Å². The number of hydrogen-bond acceptors (Lipinski definition) is 4. The van der Waals surface area contributed by atoms with Crippen LogP contribution in [0.5, 0.6) is 11.5 Å². The van der Waals surface area contributed by atoms with E-state index >= 15 is 0 Å². The zero-order valence-corrected chi connectivity index (χ0v) is 17.0. The molecule has 3 aromatic rings. The SMILES string of the molecule is COc1ccc(/C=C/C(=O)c2cccc(OC(F)F)c2)cc1Cn1cc(Br)cn1. The Kier molecular flexibility index (Phi) is 6.77. The van der Waals surface area contributed by atoms with Crippen LogP contribution in [-0.4, -0.2) is 29.3 Å². The summed E-state index contributed by atoms with van der Waals surface area (Å²) in [5, 5.41) is 4.24. The first kappa shape index (κ1) is 20.7. The first-order chi connectivity index (χ1) is 13.9. The quantitative estimate of drug-likeness (QED) is 0.341. The summed E-state index contributed by atoms with van der Waals surface area (Å²) in [6.07, 6.45) is 6.59. The average Bonchev–Trinajstić information content (AvgIpc) is 3.10. The molecule has 2 aromatic carbocycles. The van der Waals surface area contributed by atoms with Crippen LogP contribution < -0.4 is 9.47 Å². The Bertz CT molecular complexity index is 1030. The number of allylic oxidation sites excluding steroid dienone is 1. The van der Waals surface area contributed by atoms with Gasteiger partial charge in [0.2, 0.25) is 0 Å². The normalized spacial score (nSPS) is 11.2. The number of alkyl halides is 2. The van der Waals surface area contributed by atoms with Gasteiger partial charge in [0.05, 0.1) is 24.3 Å². The highest BCUT2D eigenvalue weighted by molar-refractivity contribution is 9.10. The van der Waals surface area contributed by atoms with E-state index in [4.69, 9.17) is 4.74 Å². The molecule has 0 aliphatic heterocycles. The maximum Gasteiger partial charge on any atom is 0.387 e. The molecule has 0 aliphatic carbocycles. The lowest BCUT2D eigenvalue weighted by Gasteiger charge is -2.10. The molecule has 0 saturated heterocycles. The molecule has 0 bridgehead atoms. The molecule has 8 heteroatoms. The molecule has 0 radical (unpaired) electrons. The second-order valence-corrected chi connectivity index (χ2v) is 6.95. The van der Waals surface area contributed by atoms with Gasteiger partial charge in [-0.2, -0.15) is 13.9 Å². The van der Waals surface area contributed by atoms with Crippen LogP contribution in [-0.2, 0) is 6.54 Å². The van der Waals surface area contributed by atoms with E-state index in [1.165, 1.54) is 24.3 Å². The summed E-state index contributed by atoms with van der Waals surface area (Å²) in [7, 11) is 1.59. The smallest absolute Gasteiger partial charge is 0.387 e. The molecule has 0 spiro atoms. The van der Waals surface area contributed by atoms with Crippen LogP contribution in [0, 0.1) is 0 Å². The molecule has 0 fully saturated rings. The minimum Gasteiger partial charge on any atom is -0.496 e. The van der Waals surface area contributed by atoms with Crippen LogP contribution in [0.4, 0.5) is 8.78 Å². The zero-order valence-electron chi connectivity index (χ0n) is 15.4. The topological polar surface area (TPSA) is 53.4 Å². The first-order valence-electron chi connectivity index (χ1n) is 8.57. The highest BCUT2D eigenvalue weighted by atomic mass is 79.9. The Morgan fingerprint density at radius 3 is 2.79 bits per heavy atom. The fraction of sp³-hybridized carbons (Fsp3) is 0.143. The van der Waals surface area contributed by atoms with E-state index in [2.05, 4.69) is 25.8 Å². The molecular formula is C21H17BrF2N2O3. The molecule has 5 nitrogen and oxygen atoms in total. The third kappa shape index (κ3) is 5.74. The third-order valence-electron chi connectivity index (χ3n) is 4.01. The minimum absolute atomic E-state index is 0.0589. The molecule has 1 heterocycles. The van der Waals surface area contributed by atoms with Gasteiger partial charge in [-0.3, -0.25) is 9.48 Å². The number of carbonyl (C=O) groups is 1. The number of halogens is 3. The van der Waals surface area contributed by atoms with Crippen molar-refractivity contribution >= 4 is 27.8 Å². The number of methoxy groups -OCH3 is 1. The largest absolute Gasteiger partial charge is 0.496 e. The second kappa shape index (κ2) is 9.47.